The Balaban J connectivity index is 1.81. The van der Waals surface area contributed by atoms with Gasteiger partial charge in [-0.3, -0.25) is 4.90 Å². The summed E-state index contributed by atoms with van der Waals surface area (Å²) in [5.41, 5.74) is 1.26. The molecule has 0 saturated carbocycles. The lowest BCUT2D eigenvalue weighted by Crippen LogP contribution is -2.35. The molecule has 0 bridgehead atoms. The van der Waals surface area contributed by atoms with Crippen molar-refractivity contribution in [1.82, 2.24) is 4.90 Å². The molecular formula is C16H25NO2. The maximum absolute atomic E-state index is 6.01. The SMILES string of the molecule is CCCN(CCC)COC1COc2ccccc2C1. The summed E-state index contributed by atoms with van der Waals surface area (Å²) < 4.78 is 11.8. The molecular weight excluding hydrogens is 238 g/mol. The number of ether oxygens (including phenoxy) is 2. The van der Waals surface area contributed by atoms with Crippen molar-refractivity contribution in [2.45, 2.75) is 39.2 Å². The van der Waals surface area contributed by atoms with Gasteiger partial charge in [-0.25, -0.2) is 0 Å². The van der Waals surface area contributed by atoms with Crippen molar-refractivity contribution in [3.05, 3.63) is 29.8 Å². The van der Waals surface area contributed by atoms with Gasteiger partial charge in [0.05, 0.1) is 12.8 Å². The molecule has 0 fully saturated rings. The second-order valence-corrected chi connectivity index (χ2v) is 5.16. The second kappa shape index (κ2) is 7.51. The first-order valence-corrected chi connectivity index (χ1v) is 7.38. The van der Waals surface area contributed by atoms with E-state index in [1.54, 1.807) is 0 Å². The van der Waals surface area contributed by atoms with E-state index in [2.05, 4.69) is 30.9 Å². The molecule has 0 aromatic heterocycles. The summed E-state index contributed by atoms with van der Waals surface area (Å²) in [5.74, 6) is 1.02. The molecule has 3 nitrogen and oxygen atoms in total. The minimum Gasteiger partial charge on any atom is -0.491 e. The Morgan fingerprint density at radius 2 is 1.95 bits per heavy atom. The Kier molecular flexibility index (Phi) is 5.67. The van der Waals surface area contributed by atoms with Gasteiger partial charge in [-0.05, 0) is 24.5 Å². The minimum atomic E-state index is 0.186. The van der Waals surface area contributed by atoms with E-state index in [-0.39, 0.29) is 6.10 Å². The van der Waals surface area contributed by atoms with E-state index < -0.39 is 0 Å². The van der Waals surface area contributed by atoms with Crippen LogP contribution in [0.5, 0.6) is 5.75 Å². The molecule has 0 aliphatic carbocycles. The molecule has 0 amide bonds. The highest BCUT2D eigenvalue weighted by Crippen LogP contribution is 2.25. The molecule has 3 heteroatoms. The molecule has 1 atom stereocenters. The standard InChI is InChI=1S/C16H25NO2/c1-3-9-17(10-4-2)13-19-15-11-14-7-5-6-8-16(14)18-12-15/h5-8,15H,3-4,9-13H2,1-2H3. The van der Waals surface area contributed by atoms with Crippen molar-refractivity contribution in [3.63, 3.8) is 0 Å². The van der Waals surface area contributed by atoms with Crippen LogP contribution in [0, 0.1) is 0 Å². The number of hydrogen-bond donors (Lipinski definition) is 0. The Bertz CT molecular complexity index is 375. The molecule has 2 rings (SSSR count). The van der Waals surface area contributed by atoms with Gasteiger partial charge in [-0.1, -0.05) is 32.0 Å². The number of fused-ring (bicyclic) bond motifs is 1. The van der Waals surface area contributed by atoms with E-state index in [9.17, 15) is 0 Å². The van der Waals surface area contributed by atoms with Crippen molar-refractivity contribution in [2.24, 2.45) is 0 Å². The molecule has 106 valence electrons. The van der Waals surface area contributed by atoms with E-state index >= 15 is 0 Å². The molecule has 1 aromatic carbocycles. The van der Waals surface area contributed by atoms with E-state index in [0.717, 1.165) is 32.0 Å². The van der Waals surface area contributed by atoms with Crippen molar-refractivity contribution in [2.75, 3.05) is 26.4 Å². The maximum atomic E-state index is 6.01. The van der Waals surface area contributed by atoms with E-state index in [1.807, 2.05) is 12.1 Å². The van der Waals surface area contributed by atoms with Gasteiger partial charge in [-0.15, -0.1) is 0 Å². The Morgan fingerprint density at radius 1 is 1.21 bits per heavy atom. The molecule has 0 saturated heterocycles. The summed E-state index contributed by atoms with van der Waals surface area (Å²) >= 11 is 0. The van der Waals surface area contributed by atoms with Crippen LogP contribution in [0.2, 0.25) is 0 Å². The van der Waals surface area contributed by atoms with Crippen molar-refractivity contribution >= 4 is 0 Å². The quantitative estimate of drug-likeness (QED) is 0.706. The maximum Gasteiger partial charge on any atom is 0.122 e. The summed E-state index contributed by atoms with van der Waals surface area (Å²) in [6, 6.07) is 8.24. The van der Waals surface area contributed by atoms with Gasteiger partial charge in [0.15, 0.2) is 0 Å². The lowest BCUT2D eigenvalue weighted by molar-refractivity contribution is -0.0457. The van der Waals surface area contributed by atoms with Crippen LogP contribution < -0.4 is 4.74 Å². The number of hydrogen-bond acceptors (Lipinski definition) is 3. The predicted molar refractivity (Wildman–Crippen MR) is 77.5 cm³/mol. The fourth-order valence-electron chi connectivity index (χ4n) is 2.49. The van der Waals surface area contributed by atoms with Crippen LogP contribution >= 0.6 is 0 Å². The van der Waals surface area contributed by atoms with E-state index in [0.29, 0.717) is 6.61 Å². The molecule has 1 unspecified atom stereocenters. The smallest absolute Gasteiger partial charge is 0.122 e. The van der Waals surface area contributed by atoms with Crippen molar-refractivity contribution in [3.8, 4) is 5.75 Å². The molecule has 1 heterocycles. The van der Waals surface area contributed by atoms with Gasteiger partial charge < -0.3 is 9.47 Å². The van der Waals surface area contributed by atoms with Crippen LogP contribution in [-0.4, -0.2) is 37.4 Å². The van der Waals surface area contributed by atoms with Crippen LogP contribution in [0.25, 0.3) is 0 Å². The minimum absolute atomic E-state index is 0.186. The highest BCUT2D eigenvalue weighted by molar-refractivity contribution is 5.35. The van der Waals surface area contributed by atoms with Gasteiger partial charge in [-0.2, -0.15) is 0 Å². The van der Waals surface area contributed by atoms with Gasteiger partial charge in [0.1, 0.15) is 12.4 Å². The number of rotatable bonds is 7. The first-order valence-electron chi connectivity index (χ1n) is 7.38. The zero-order valence-electron chi connectivity index (χ0n) is 12.1. The lowest BCUT2D eigenvalue weighted by atomic mass is 10.0. The van der Waals surface area contributed by atoms with Gasteiger partial charge in [0.25, 0.3) is 0 Å². The van der Waals surface area contributed by atoms with Crippen LogP contribution in [0.1, 0.15) is 32.3 Å². The lowest BCUT2D eigenvalue weighted by Gasteiger charge is -2.28. The third kappa shape index (κ3) is 4.22. The summed E-state index contributed by atoms with van der Waals surface area (Å²) in [6.07, 6.45) is 3.49. The Morgan fingerprint density at radius 3 is 2.68 bits per heavy atom. The molecule has 19 heavy (non-hydrogen) atoms. The highest BCUT2D eigenvalue weighted by atomic mass is 16.5. The zero-order chi connectivity index (χ0) is 13.5. The zero-order valence-corrected chi connectivity index (χ0v) is 12.1. The monoisotopic (exact) mass is 263 g/mol. The molecule has 1 aromatic rings. The van der Waals surface area contributed by atoms with Gasteiger partial charge in [0, 0.05) is 19.5 Å². The molecule has 1 aliphatic rings. The summed E-state index contributed by atoms with van der Waals surface area (Å²) in [5, 5.41) is 0. The predicted octanol–water partition coefficient (Wildman–Crippen LogP) is 3.09. The fraction of sp³-hybridized carbons (Fsp3) is 0.625. The highest BCUT2D eigenvalue weighted by Gasteiger charge is 2.20. The Hall–Kier alpha value is -1.06. The topological polar surface area (TPSA) is 21.7 Å². The Labute approximate surface area is 116 Å². The third-order valence-corrected chi connectivity index (χ3v) is 3.42. The number of nitrogens with zero attached hydrogens (tertiary/aromatic N) is 1. The van der Waals surface area contributed by atoms with Crippen LogP contribution in [0.4, 0.5) is 0 Å². The van der Waals surface area contributed by atoms with Gasteiger partial charge >= 0.3 is 0 Å². The molecule has 1 aliphatic heterocycles. The first kappa shape index (κ1) is 14.4. The molecule has 0 spiro atoms. The molecule has 0 radical (unpaired) electrons. The summed E-state index contributed by atoms with van der Waals surface area (Å²) in [4.78, 5) is 2.38. The number of para-hydroxylation sites is 1. The molecule has 0 N–H and O–H groups in total. The average Bonchev–Trinajstić information content (AvgIpc) is 2.45. The van der Waals surface area contributed by atoms with Crippen LogP contribution in [-0.2, 0) is 11.2 Å². The van der Waals surface area contributed by atoms with Crippen LogP contribution in [0.3, 0.4) is 0 Å². The van der Waals surface area contributed by atoms with Gasteiger partial charge in [0.2, 0.25) is 0 Å². The van der Waals surface area contributed by atoms with Crippen molar-refractivity contribution in [1.29, 1.82) is 0 Å². The summed E-state index contributed by atoms with van der Waals surface area (Å²) in [6.45, 7) is 8.03. The van der Waals surface area contributed by atoms with Crippen molar-refractivity contribution < 1.29 is 9.47 Å². The van der Waals surface area contributed by atoms with E-state index in [4.69, 9.17) is 9.47 Å². The first-order chi connectivity index (χ1) is 9.33. The average molecular weight is 263 g/mol. The number of benzene rings is 1. The van der Waals surface area contributed by atoms with Crippen LogP contribution in [0.15, 0.2) is 24.3 Å². The third-order valence-electron chi connectivity index (χ3n) is 3.42. The second-order valence-electron chi connectivity index (χ2n) is 5.16. The van der Waals surface area contributed by atoms with E-state index in [1.165, 1.54) is 18.4 Å². The fourth-order valence-corrected chi connectivity index (χ4v) is 2.49. The normalized spacial score (nSPS) is 18.2. The largest absolute Gasteiger partial charge is 0.491 e. The summed E-state index contributed by atoms with van der Waals surface area (Å²) in [7, 11) is 0.